The summed E-state index contributed by atoms with van der Waals surface area (Å²) in [6.07, 6.45) is 1.13. The number of ether oxygens (including phenoxy) is 1. The van der Waals surface area contributed by atoms with Crippen molar-refractivity contribution < 1.29 is 4.74 Å². The first kappa shape index (κ1) is 36.1. The predicted octanol–water partition coefficient (Wildman–Crippen LogP) is 8.70. The van der Waals surface area contributed by atoms with E-state index in [4.69, 9.17) is 4.74 Å². The molecule has 3 fully saturated rings. The second-order valence-corrected chi connectivity index (χ2v) is 18.4. The molecule has 3 heterocycles. The lowest BCUT2D eigenvalue weighted by atomic mass is 9.83. The monoisotopic (exact) mass is 618 g/mol. The van der Waals surface area contributed by atoms with Gasteiger partial charge in [0.15, 0.2) is 0 Å². The first-order valence-electron chi connectivity index (χ1n) is 17.8. The van der Waals surface area contributed by atoms with E-state index in [9.17, 15) is 0 Å². The largest absolute Gasteiger partial charge is 0.376 e. The molecule has 3 aliphatic rings. The minimum Gasteiger partial charge on any atom is -0.376 e. The van der Waals surface area contributed by atoms with Gasteiger partial charge in [0.25, 0.3) is 0 Å². The van der Waals surface area contributed by atoms with Gasteiger partial charge in [-0.05, 0) is 87.0 Å². The van der Waals surface area contributed by atoms with Crippen LogP contribution in [0.2, 0.25) is 0 Å². The lowest BCUT2D eigenvalue weighted by Crippen LogP contribution is -2.60. The van der Waals surface area contributed by atoms with Gasteiger partial charge in [-0.3, -0.25) is 4.90 Å². The lowest BCUT2D eigenvalue weighted by Gasteiger charge is -2.51. The molecule has 0 aliphatic carbocycles. The van der Waals surface area contributed by atoms with Crippen LogP contribution in [0.4, 0.5) is 0 Å². The van der Waals surface area contributed by atoms with Gasteiger partial charge in [-0.1, -0.05) is 90.1 Å². The van der Waals surface area contributed by atoms with Crippen LogP contribution in [-0.2, 0) is 15.6 Å². The molecule has 2 aromatic carbocycles. The van der Waals surface area contributed by atoms with Crippen LogP contribution in [-0.4, -0.2) is 84.8 Å². The Hall–Kier alpha value is -1.72. The third-order valence-electron chi connectivity index (χ3n) is 9.99. The van der Waals surface area contributed by atoms with Crippen molar-refractivity contribution in [3.05, 3.63) is 70.8 Å². The van der Waals surface area contributed by atoms with Gasteiger partial charge in [-0.2, -0.15) is 0 Å². The number of likely N-dealkylation sites (tertiary alicyclic amines) is 3. The Morgan fingerprint density at radius 2 is 1.00 bits per heavy atom. The molecular formula is C41H67N3O. The summed E-state index contributed by atoms with van der Waals surface area (Å²) in [5.74, 6) is 2.36. The number of hydrogen-bond acceptors (Lipinski definition) is 4. The first-order valence-corrected chi connectivity index (χ1v) is 17.8. The van der Waals surface area contributed by atoms with Gasteiger partial charge in [0, 0.05) is 76.3 Å². The van der Waals surface area contributed by atoms with E-state index in [0.717, 1.165) is 37.3 Å². The maximum atomic E-state index is 5.78. The summed E-state index contributed by atoms with van der Waals surface area (Å²) in [4.78, 5) is 7.78. The minimum absolute atomic E-state index is 0.00766. The maximum absolute atomic E-state index is 5.78. The summed E-state index contributed by atoms with van der Waals surface area (Å²) >= 11 is 0. The Labute approximate surface area is 277 Å². The Kier molecular flexibility index (Phi) is 11.4. The Bertz CT molecular complexity index is 1170. The zero-order valence-electron chi connectivity index (χ0n) is 31.2. The molecule has 0 saturated carbocycles. The standard InChI is InChI=1S/C21H34N2.C20H33NO/c1-20(2,3)19-9-7-17(8-10-19)18-14-22(15-18)11-16-12-23(13-16)21(4,5)6;1-19(2,3)18-10-8-16(9-11-18)17-14-21(15-17)12-7-13-22-20(4,5)6/h7-10,16,18H,11-15H2,1-6H3;8-11,17H,7,12-15H2,1-6H3. The molecule has 0 amide bonds. The van der Waals surface area contributed by atoms with Gasteiger partial charge in [0.1, 0.15) is 0 Å². The highest BCUT2D eigenvalue weighted by Crippen LogP contribution is 2.33. The Morgan fingerprint density at radius 1 is 0.578 bits per heavy atom. The van der Waals surface area contributed by atoms with E-state index in [1.165, 1.54) is 68.1 Å². The summed E-state index contributed by atoms with van der Waals surface area (Å²) in [6, 6.07) is 18.6. The predicted molar refractivity (Wildman–Crippen MR) is 194 cm³/mol. The molecule has 0 atom stereocenters. The van der Waals surface area contributed by atoms with Crippen LogP contribution in [0, 0.1) is 5.92 Å². The summed E-state index contributed by atoms with van der Waals surface area (Å²) in [6.45, 7) is 37.8. The van der Waals surface area contributed by atoms with Crippen molar-refractivity contribution in [2.24, 2.45) is 5.92 Å². The molecule has 3 saturated heterocycles. The van der Waals surface area contributed by atoms with Crippen molar-refractivity contribution in [3.8, 4) is 0 Å². The van der Waals surface area contributed by atoms with E-state index in [0.29, 0.717) is 5.54 Å². The fourth-order valence-electron chi connectivity index (χ4n) is 6.67. The van der Waals surface area contributed by atoms with Crippen molar-refractivity contribution in [2.75, 3.05) is 59.0 Å². The topological polar surface area (TPSA) is 19.0 Å². The second-order valence-electron chi connectivity index (χ2n) is 18.4. The van der Waals surface area contributed by atoms with Crippen molar-refractivity contribution >= 4 is 0 Å². The average Bonchev–Trinajstić information content (AvgIpc) is 2.84. The minimum atomic E-state index is -0.00766. The van der Waals surface area contributed by atoms with Crippen LogP contribution in [0.3, 0.4) is 0 Å². The second kappa shape index (κ2) is 14.2. The Morgan fingerprint density at radius 3 is 1.38 bits per heavy atom. The van der Waals surface area contributed by atoms with Crippen molar-refractivity contribution in [1.82, 2.24) is 14.7 Å². The SMILES string of the molecule is CC(C)(C)OCCCN1CC(c2ccc(C(C)(C)C)cc2)C1.CC(C)(C)c1ccc(C2CN(CC3CN(C(C)(C)C)C3)C2)cc1. The number of benzene rings is 2. The van der Waals surface area contributed by atoms with E-state index in [1.54, 1.807) is 0 Å². The zero-order chi connectivity index (χ0) is 33.2. The number of rotatable bonds is 8. The van der Waals surface area contributed by atoms with Crippen LogP contribution in [0.15, 0.2) is 48.5 Å². The molecule has 4 nitrogen and oxygen atoms in total. The van der Waals surface area contributed by atoms with Gasteiger partial charge in [-0.25, -0.2) is 0 Å². The molecule has 45 heavy (non-hydrogen) atoms. The van der Waals surface area contributed by atoms with Gasteiger partial charge in [0.2, 0.25) is 0 Å². The fourth-order valence-corrected chi connectivity index (χ4v) is 6.67. The van der Waals surface area contributed by atoms with Crippen LogP contribution in [0.25, 0.3) is 0 Å². The molecule has 3 aliphatic heterocycles. The van der Waals surface area contributed by atoms with E-state index in [2.05, 4.69) is 146 Å². The molecule has 0 radical (unpaired) electrons. The molecule has 4 heteroatoms. The fraction of sp³-hybridized carbons (Fsp3) is 0.707. The van der Waals surface area contributed by atoms with Crippen LogP contribution in [0.5, 0.6) is 0 Å². The van der Waals surface area contributed by atoms with Crippen molar-refractivity contribution in [3.63, 3.8) is 0 Å². The van der Waals surface area contributed by atoms with Crippen LogP contribution >= 0.6 is 0 Å². The van der Waals surface area contributed by atoms with E-state index in [1.807, 2.05) is 0 Å². The normalized spacial score (nSPS) is 19.8. The summed E-state index contributed by atoms with van der Waals surface area (Å²) in [7, 11) is 0. The van der Waals surface area contributed by atoms with Gasteiger partial charge >= 0.3 is 0 Å². The molecule has 0 spiro atoms. The van der Waals surface area contributed by atoms with E-state index in [-0.39, 0.29) is 16.4 Å². The van der Waals surface area contributed by atoms with Crippen molar-refractivity contribution in [2.45, 2.75) is 123 Å². The molecule has 0 unspecified atom stereocenters. The van der Waals surface area contributed by atoms with Gasteiger partial charge in [0.05, 0.1) is 5.60 Å². The molecule has 0 bridgehead atoms. The zero-order valence-corrected chi connectivity index (χ0v) is 31.2. The molecule has 0 N–H and O–H groups in total. The van der Waals surface area contributed by atoms with Crippen molar-refractivity contribution in [1.29, 1.82) is 0 Å². The molecule has 5 rings (SSSR count). The van der Waals surface area contributed by atoms with E-state index < -0.39 is 0 Å². The maximum Gasteiger partial charge on any atom is 0.0598 e. The van der Waals surface area contributed by atoms with Gasteiger partial charge < -0.3 is 14.5 Å². The molecule has 0 aromatic heterocycles. The highest BCUT2D eigenvalue weighted by atomic mass is 16.5. The summed E-state index contributed by atoms with van der Waals surface area (Å²) in [5, 5.41) is 0. The van der Waals surface area contributed by atoms with Crippen LogP contribution in [0.1, 0.15) is 124 Å². The third kappa shape index (κ3) is 10.6. The smallest absolute Gasteiger partial charge is 0.0598 e. The molecule has 2 aromatic rings. The van der Waals surface area contributed by atoms with E-state index >= 15 is 0 Å². The number of nitrogens with zero attached hydrogens (tertiary/aromatic N) is 3. The highest BCUT2D eigenvalue weighted by molar-refractivity contribution is 5.32. The Balaban J connectivity index is 0.000000205. The summed E-state index contributed by atoms with van der Waals surface area (Å²) < 4.78 is 5.78. The molecule has 252 valence electrons. The highest BCUT2D eigenvalue weighted by Gasteiger charge is 2.37. The van der Waals surface area contributed by atoms with Gasteiger partial charge in [-0.15, -0.1) is 0 Å². The van der Waals surface area contributed by atoms with Crippen LogP contribution < -0.4 is 0 Å². The summed E-state index contributed by atoms with van der Waals surface area (Å²) in [5.41, 5.74) is 6.73. The first-order chi connectivity index (χ1) is 20.8. The quantitative estimate of drug-likeness (QED) is 0.276. The third-order valence-corrected chi connectivity index (χ3v) is 9.99. The lowest BCUT2D eigenvalue weighted by molar-refractivity contribution is -0.0144. The number of hydrogen-bond donors (Lipinski definition) is 0. The average molecular weight is 618 g/mol. The molecular weight excluding hydrogens is 550 g/mol.